The predicted octanol–water partition coefficient (Wildman–Crippen LogP) is 3.16. The van der Waals surface area contributed by atoms with E-state index in [0.29, 0.717) is 11.8 Å². The second-order valence-corrected chi connectivity index (χ2v) is 11.4. The van der Waals surface area contributed by atoms with Gasteiger partial charge in [-0.05, 0) is 53.2 Å². The molecular weight excluding hydrogens is 405 g/mol. The second-order valence-electron chi connectivity index (χ2n) is 9.60. The quantitative estimate of drug-likeness (QED) is 0.547. The van der Waals surface area contributed by atoms with E-state index in [2.05, 4.69) is 55.2 Å². The molecule has 3 aliphatic heterocycles. The fourth-order valence-electron chi connectivity index (χ4n) is 5.46. The lowest BCUT2D eigenvalue weighted by molar-refractivity contribution is -0.283. The molecule has 0 bridgehead atoms. The number of alkyl halides is 1. The summed E-state index contributed by atoms with van der Waals surface area (Å²) in [6.45, 7) is 11.0. The molecule has 3 heterocycles. The highest BCUT2D eigenvalue weighted by Crippen LogP contribution is 2.72. The Hall–Kier alpha value is 0.570. The van der Waals surface area contributed by atoms with Gasteiger partial charge in [0.2, 0.25) is 0 Å². The normalized spacial score (nSPS) is 52.7. The minimum absolute atomic E-state index is 0.0133. The van der Waals surface area contributed by atoms with Crippen LogP contribution in [-0.4, -0.2) is 50.7 Å². The van der Waals surface area contributed by atoms with Crippen LogP contribution < -0.4 is 0 Å². The van der Waals surface area contributed by atoms with Crippen molar-refractivity contribution in [3.8, 4) is 0 Å². The van der Waals surface area contributed by atoms with Crippen LogP contribution in [0.25, 0.3) is 0 Å². The van der Waals surface area contributed by atoms with Gasteiger partial charge in [0.05, 0.1) is 23.7 Å². The molecule has 0 spiro atoms. The Morgan fingerprint density at radius 3 is 2.65 bits per heavy atom. The van der Waals surface area contributed by atoms with Gasteiger partial charge in [0.25, 0.3) is 0 Å². The summed E-state index contributed by atoms with van der Waals surface area (Å²) in [6, 6.07) is 0. The van der Waals surface area contributed by atoms with Crippen molar-refractivity contribution in [1.82, 2.24) is 4.90 Å². The monoisotopic (exact) mass is 435 g/mol. The van der Waals surface area contributed by atoms with Gasteiger partial charge in [0.15, 0.2) is 0 Å². The van der Waals surface area contributed by atoms with Crippen molar-refractivity contribution in [3.63, 3.8) is 0 Å². The van der Waals surface area contributed by atoms with Crippen LogP contribution in [0, 0.1) is 17.3 Å². The van der Waals surface area contributed by atoms with E-state index >= 15 is 0 Å². The molecular formula is C18H30INO3. The van der Waals surface area contributed by atoms with Gasteiger partial charge in [-0.25, -0.2) is 0 Å². The lowest BCUT2D eigenvalue weighted by Crippen LogP contribution is -2.74. The third-order valence-corrected chi connectivity index (χ3v) is 7.42. The molecule has 0 radical (unpaired) electrons. The van der Waals surface area contributed by atoms with E-state index in [9.17, 15) is 5.11 Å². The SMILES string of the molecule is CC1CCC(O)N(CC2OC3(CC(C)(C)C)CC4(I)OC2C43)C1. The highest BCUT2D eigenvalue weighted by atomic mass is 127. The fraction of sp³-hybridized carbons (Fsp3) is 1.00. The zero-order valence-electron chi connectivity index (χ0n) is 14.7. The molecule has 23 heavy (non-hydrogen) atoms. The minimum Gasteiger partial charge on any atom is -0.378 e. The Balaban J connectivity index is 1.47. The van der Waals surface area contributed by atoms with Gasteiger partial charge in [-0.2, -0.15) is 0 Å². The lowest BCUT2D eigenvalue weighted by Gasteiger charge is -2.64. The van der Waals surface area contributed by atoms with Gasteiger partial charge in [0, 0.05) is 19.5 Å². The van der Waals surface area contributed by atoms with Crippen molar-refractivity contribution in [3.05, 3.63) is 0 Å². The lowest BCUT2D eigenvalue weighted by atomic mass is 9.57. The number of ether oxygens (including phenoxy) is 2. The molecule has 1 N–H and O–H groups in total. The first-order valence-corrected chi connectivity index (χ1v) is 10.2. The van der Waals surface area contributed by atoms with Crippen molar-refractivity contribution in [2.75, 3.05) is 13.1 Å². The van der Waals surface area contributed by atoms with E-state index in [0.717, 1.165) is 38.8 Å². The molecule has 5 heteroatoms. The highest BCUT2D eigenvalue weighted by Gasteiger charge is 2.80. The summed E-state index contributed by atoms with van der Waals surface area (Å²) >= 11 is 2.50. The minimum atomic E-state index is -0.309. The van der Waals surface area contributed by atoms with Crippen LogP contribution in [0.15, 0.2) is 0 Å². The average Bonchev–Trinajstić information content (AvgIpc) is 2.47. The van der Waals surface area contributed by atoms with E-state index < -0.39 is 0 Å². The smallest absolute Gasteiger partial charge is 0.130 e. The van der Waals surface area contributed by atoms with Crippen molar-refractivity contribution >= 4 is 22.6 Å². The van der Waals surface area contributed by atoms with E-state index in [1.54, 1.807) is 0 Å². The van der Waals surface area contributed by atoms with E-state index in [1.165, 1.54) is 0 Å². The number of aliphatic hydroxyl groups is 1. The van der Waals surface area contributed by atoms with Gasteiger partial charge in [-0.1, -0.05) is 27.7 Å². The molecule has 4 rings (SSSR count). The van der Waals surface area contributed by atoms with Crippen LogP contribution in [0.3, 0.4) is 0 Å². The van der Waals surface area contributed by atoms with Crippen LogP contribution in [0.4, 0.5) is 0 Å². The zero-order chi connectivity index (χ0) is 16.6. The maximum Gasteiger partial charge on any atom is 0.130 e. The van der Waals surface area contributed by atoms with Gasteiger partial charge < -0.3 is 14.6 Å². The number of hydrogen-bond donors (Lipinski definition) is 1. The molecule has 1 saturated carbocycles. The molecule has 132 valence electrons. The van der Waals surface area contributed by atoms with Gasteiger partial charge in [-0.15, -0.1) is 0 Å². The molecule has 7 unspecified atom stereocenters. The largest absolute Gasteiger partial charge is 0.378 e. The number of halogens is 1. The van der Waals surface area contributed by atoms with Gasteiger partial charge in [0.1, 0.15) is 9.84 Å². The summed E-state index contributed by atoms with van der Waals surface area (Å²) in [5.41, 5.74) is 0.283. The highest BCUT2D eigenvalue weighted by molar-refractivity contribution is 14.1. The molecule has 0 aromatic heterocycles. The number of likely N-dealkylation sites (tertiary alicyclic amines) is 1. The van der Waals surface area contributed by atoms with Gasteiger partial charge >= 0.3 is 0 Å². The van der Waals surface area contributed by atoms with E-state index in [4.69, 9.17) is 9.47 Å². The number of rotatable bonds is 3. The second kappa shape index (κ2) is 5.29. The Labute approximate surface area is 153 Å². The molecule has 7 atom stereocenters. The van der Waals surface area contributed by atoms with Crippen LogP contribution in [-0.2, 0) is 9.47 Å². The Morgan fingerprint density at radius 1 is 1.26 bits per heavy atom. The van der Waals surface area contributed by atoms with Crippen LogP contribution >= 0.6 is 22.6 Å². The topological polar surface area (TPSA) is 41.9 Å². The third kappa shape index (κ3) is 2.69. The van der Waals surface area contributed by atoms with Crippen molar-refractivity contribution in [2.45, 2.75) is 81.0 Å². The number of aliphatic hydroxyl groups excluding tert-OH is 1. The average molecular weight is 435 g/mol. The van der Waals surface area contributed by atoms with E-state index in [-0.39, 0.29) is 33.1 Å². The molecule has 0 amide bonds. The first-order valence-electron chi connectivity index (χ1n) is 9.09. The standard InChI is InChI=1S/C18H30INO3/c1-11-5-6-13(21)20(7-11)8-12-14-15-17(22-12,9-16(2,3)4)10-18(15,19)23-14/h11-15,21H,5-10H2,1-4H3. The summed E-state index contributed by atoms with van der Waals surface area (Å²) in [7, 11) is 0. The summed E-state index contributed by atoms with van der Waals surface area (Å²) < 4.78 is 12.9. The number of hydrogen-bond acceptors (Lipinski definition) is 4. The summed E-state index contributed by atoms with van der Waals surface area (Å²) in [5.74, 6) is 1.20. The summed E-state index contributed by atoms with van der Waals surface area (Å²) in [6.07, 6.45) is 4.17. The summed E-state index contributed by atoms with van der Waals surface area (Å²) in [4.78, 5) is 2.21. The zero-order valence-corrected chi connectivity index (χ0v) is 16.9. The van der Waals surface area contributed by atoms with Gasteiger partial charge in [-0.3, -0.25) is 4.90 Å². The predicted molar refractivity (Wildman–Crippen MR) is 97.4 cm³/mol. The molecule has 0 aromatic carbocycles. The molecule has 0 aromatic rings. The van der Waals surface area contributed by atoms with Crippen molar-refractivity contribution in [1.29, 1.82) is 0 Å². The molecule has 1 aliphatic carbocycles. The Morgan fingerprint density at radius 2 is 2.00 bits per heavy atom. The van der Waals surface area contributed by atoms with Crippen LogP contribution in [0.2, 0.25) is 0 Å². The summed E-state index contributed by atoms with van der Waals surface area (Å²) in [5, 5.41) is 10.3. The van der Waals surface area contributed by atoms with Crippen LogP contribution in [0.1, 0.15) is 53.4 Å². The molecule has 3 saturated heterocycles. The van der Waals surface area contributed by atoms with E-state index in [1.807, 2.05) is 0 Å². The number of piperidine rings is 1. The third-order valence-electron chi connectivity index (χ3n) is 6.11. The Bertz CT molecular complexity index is 495. The Kier molecular flexibility index (Phi) is 3.91. The number of nitrogens with zero attached hydrogens (tertiary/aromatic N) is 1. The first-order chi connectivity index (χ1) is 10.6. The van der Waals surface area contributed by atoms with Crippen LogP contribution in [0.5, 0.6) is 0 Å². The van der Waals surface area contributed by atoms with Crippen molar-refractivity contribution < 1.29 is 14.6 Å². The molecule has 4 fully saturated rings. The molecule has 4 nitrogen and oxygen atoms in total. The maximum absolute atomic E-state index is 10.3. The first kappa shape index (κ1) is 17.0. The fourth-order valence-corrected chi connectivity index (χ4v) is 7.32. The molecule has 4 aliphatic rings. The maximum atomic E-state index is 10.3. The van der Waals surface area contributed by atoms with Crippen molar-refractivity contribution in [2.24, 2.45) is 17.3 Å².